The predicted molar refractivity (Wildman–Crippen MR) is 90.2 cm³/mol. The minimum absolute atomic E-state index is 0. The SMILES string of the molecule is Cc1ccc(N)cc1C(=O)NCCN(C)C(C)C.Cl.Cl. The van der Waals surface area contributed by atoms with Crippen molar-refractivity contribution in [3.8, 4) is 0 Å². The van der Waals surface area contributed by atoms with Gasteiger partial charge in [0.05, 0.1) is 0 Å². The molecule has 1 aromatic carbocycles. The summed E-state index contributed by atoms with van der Waals surface area (Å²) >= 11 is 0. The Hall–Kier alpha value is -0.970. The van der Waals surface area contributed by atoms with Gasteiger partial charge in [0, 0.05) is 30.4 Å². The highest BCUT2D eigenvalue weighted by atomic mass is 35.5. The van der Waals surface area contributed by atoms with Crippen molar-refractivity contribution in [3.05, 3.63) is 29.3 Å². The van der Waals surface area contributed by atoms with E-state index in [4.69, 9.17) is 5.73 Å². The standard InChI is InChI=1S/C14H23N3O.2ClH/c1-10(2)17(4)8-7-16-14(18)13-9-12(15)6-5-11(13)3;;/h5-6,9-10H,7-8,15H2,1-4H3,(H,16,18);2*1H. The highest BCUT2D eigenvalue weighted by Gasteiger charge is 2.09. The third kappa shape index (κ3) is 6.46. The zero-order valence-corrected chi connectivity index (χ0v) is 14.1. The average molecular weight is 322 g/mol. The van der Waals surface area contributed by atoms with Gasteiger partial charge in [0.1, 0.15) is 0 Å². The number of carbonyl (C=O) groups is 1. The Morgan fingerprint density at radius 2 is 1.95 bits per heavy atom. The molecule has 0 aliphatic heterocycles. The number of nitrogens with one attached hydrogen (secondary N) is 1. The zero-order valence-electron chi connectivity index (χ0n) is 12.5. The Balaban J connectivity index is 0. The molecule has 0 spiro atoms. The highest BCUT2D eigenvalue weighted by molar-refractivity contribution is 5.96. The molecule has 0 bridgehead atoms. The molecule has 3 N–H and O–H groups in total. The van der Waals surface area contributed by atoms with Crippen molar-refractivity contribution in [1.82, 2.24) is 10.2 Å². The lowest BCUT2D eigenvalue weighted by Crippen LogP contribution is -2.36. The number of carbonyl (C=O) groups excluding carboxylic acids is 1. The van der Waals surface area contributed by atoms with Crippen molar-refractivity contribution < 1.29 is 4.79 Å². The fourth-order valence-corrected chi connectivity index (χ4v) is 1.58. The maximum atomic E-state index is 12.0. The van der Waals surface area contributed by atoms with Crippen LogP contribution in [0.1, 0.15) is 29.8 Å². The molecule has 0 unspecified atom stereocenters. The van der Waals surface area contributed by atoms with Crippen molar-refractivity contribution >= 4 is 36.4 Å². The number of hydrogen-bond acceptors (Lipinski definition) is 3. The summed E-state index contributed by atoms with van der Waals surface area (Å²) < 4.78 is 0. The Labute approximate surface area is 133 Å². The van der Waals surface area contributed by atoms with Crippen LogP contribution in [0, 0.1) is 6.92 Å². The van der Waals surface area contributed by atoms with E-state index in [2.05, 4.69) is 24.1 Å². The van der Waals surface area contributed by atoms with Crippen LogP contribution in [0.15, 0.2) is 18.2 Å². The molecule has 116 valence electrons. The lowest BCUT2D eigenvalue weighted by atomic mass is 10.1. The van der Waals surface area contributed by atoms with E-state index in [-0.39, 0.29) is 30.7 Å². The van der Waals surface area contributed by atoms with E-state index in [0.29, 0.717) is 23.8 Å². The van der Waals surface area contributed by atoms with E-state index in [1.165, 1.54) is 0 Å². The number of amides is 1. The second-order valence-electron chi connectivity index (χ2n) is 4.90. The van der Waals surface area contributed by atoms with E-state index in [1.807, 2.05) is 20.0 Å². The number of rotatable bonds is 5. The number of aryl methyl sites for hydroxylation is 1. The molecule has 0 atom stereocenters. The second-order valence-corrected chi connectivity index (χ2v) is 4.90. The zero-order chi connectivity index (χ0) is 13.7. The van der Waals surface area contributed by atoms with Crippen molar-refractivity contribution in [2.45, 2.75) is 26.8 Å². The molecule has 4 nitrogen and oxygen atoms in total. The molecule has 1 rings (SSSR count). The molecule has 20 heavy (non-hydrogen) atoms. The lowest BCUT2D eigenvalue weighted by Gasteiger charge is -2.21. The highest BCUT2D eigenvalue weighted by Crippen LogP contribution is 2.12. The maximum Gasteiger partial charge on any atom is 0.251 e. The van der Waals surface area contributed by atoms with Crippen LogP contribution in [-0.2, 0) is 0 Å². The molecule has 6 heteroatoms. The van der Waals surface area contributed by atoms with Gasteiger partial charge in [0.2, 0.25) is 0 Å². The second kappa shape index (κ2) is 9.86. The molecule has 1 amide bonds. The molecule has 0 aliphatic carbocycles. The molecule has 0 heterocycles. The lowest BCUT2D eigenvalue weighted by molar-refractivity contribution is 0.0947. The van der Waals surface area contributed by atoms with E-state index < -0.39 is 0 Å². The monoisotopic (exact) mass is 321 g/mol. The van der Waals surface area contributed by atoms with Crippen LogP contribution in [0.4, 0.5) is 5.69 Å². The number of halogens is 2. The van der Waals surface area contributed by atoms with Crippen LogP contribution in [-0.4, -0.2) is 37.0 Å². The van der Waals surface area contributed by atoms with Gasteiger partial charge in [-0.3, -0.25) is 4.79 Å². The van der Waals surface area contributed by atoms with Gasteiger partial charge in [0.25, 0.3) is 5.91 Å². The van der Waals surface area contributed by atoms with Crippen molar-refractivity contribution in [1.29, 1.82) is 0 Å². The van der Waals surface area contributed by atoms with E-state index in [0.717, 1.165) is 12.1 Å². The first kappa shape index (κ1) is 21.3. The molecule has 0 fully saturated rings. The Kier molecular flexibility index (Phi) is 10.5. The van der Waals surface area contributed by atoms with Gasteiger partial charge in [0.15, 0.2) is 0 Å². The van der Waals surface area contributed by atoms with Gasteiger partial charge in [-0.25, -0.2) is 0 Å². The third-order valence-corrected chi connectivity index (χ3v) is 3.14. The van der Waals surface area contributed by atoms with Crippen molar-refractivity contribution in [2.75, 3.05) is 25.9 Å². The first-order chi connectivity index (χ1) is 8.41. The van der Waals surface area contributed by atoms with Crippen LogP contribution in [0.3, 0.4) is 0 Å². The summed E-state index contributed by atoms with van der Waals surface area (Å²) in [4.78, 5) is 14.2. The van der Waals surface area contributed by atoms with E-state index in [1.54, 1.807) is 12.1 Å². The fraction of sp³-hybridized carbons (Fsp3) is 0.500. The van der Waals surface area contributed by atoms with E-state index >= 15 is 0 Å². The van der Waals surface area contributed by atoms with Gasteiger partial charge < -0.3 is 16.0 Å². The van der Waals surface area contributed by atoms with Gasteiger partial charge in [-0.2, -0.15) is 0 Å². The number of likely N-dealkylation sites (N-methyl/N-ethyl adjacent to an activating group) is 1. The first-order valence-corrected chi connectivity index (χ1v) is 6.26. The summed E-state index contributed by atoms with van der Waals surface area (Å²) in [5, 5.41) is 2.92. The van der Waals surface area contributed by atoms with Gasteiger partial charge in [-0.15, -0.1) is 24.8 Å². The largest absolute Gasteiger partial charge is 0.399 e. The fourth-order valence-electron chi connectivity index (χ4n) is 1.58. The van der Waals surface area contributed by atoms with E-state index in [9.17, 15) is 4.79 Å². The molecule has 0 saturated heterocycles. The third-order valence-electron chi connectivity index (χ3n) is 3.14. The normalized spacial score (nSPS) is 9.90. The van der Waals surface area contributed by atoms with Gasteiger partial charge in [-0.05, 0) is 45.5 Å². The molecule has 1 aromatic rings. The number of anilines is 1. The summed E-state index contributed by atoms with van der Waals surface area (Å²) in [6.07, 6.45) is 0. The van der Waals surface area contributed by atoms with Crippen LogP contribution in [0.5, 0.6) is 0 Å². The average Bonchev–Trinajstić information content (AvgIpc) is 2.31. The van der Waals surface area contributed by atoms with Gasteiger partial charge >= 0.3 is 0 Å². The summed E-state index contributed by atoms with van der Waals surface area (Å²) in [7, 11) is 2.04. The number of benzene rings is 1. The summed E-state index contributed by atoms with van der Waals surface area (Å²) in [5.41, 5.74) is 7.91. The first-order valence-electron chi connectivity index (χ1n) is 6.26. The molecule has 0 aromatic heterocycles. The van der Waals surface area contributed by atoms with Crippen LogP contribution < -0.4 is 11.1 Å². The van der Waals surface area contributed by atoms with Crippen LogP contribution in [0.25, 0.3) is 0 Å². The molecule has 0 radical (unpaired) electrons. The smallest absolute Gasteiger partial charge is 0.251 e. The number of hydrogen-bond donors (Lipinski definition) is 2. The quantitative estimate of drug-likeness (QED) is 0.819. The van der Waals surface area contributed by atoms with Crippen molar-refractivity contribution in [2.24, 2.45) is 0 Å². The Morgan fingerprint density at radius 3 is 2.50 bits per heavy atom. The number of nitrogens with two attached hydrogens (primary N) is 1. The topological polar surface area (TPSA) is 58.4 Å². The molecule has 0 saturated carbocycles. The van der Waals surface area contributed by atoms with Crippen molar-refractivity contribution in [3.63, 3.8) is 0 Å². The number of nitrogens with zero attached hydrogens (tertiary/aromatic N) is 1. The van der Waals surface area contributed by atoms with Crippen LogP contribution in [0.2, 0.25) is 0 Å². The minimum Gasteiger partial charge on any atom is -0.399 e. The minimum atomic E-state index is -0.0584. The predicted octanol–water partition coefficient (Wildman–Crippen LogP) is 2.49. The summed E-state index contributed by atoms with van der Waals surface area (Å²) in [6.45, 7) is 7.65. The maximum absolute atomic E-state index is 12.0. The summed E-state index contributed by atoms with van der Waals surface area (Å²) in [5.74, 6) is -0.0584. The summed E-state index contributed by atoms with van der Waals surface area (Å²) in [6, 6.07) is 5.87. The van der Waals surface area contributed by atoms with Gasteiger partial charge in [-0.1, -0.05) is 6.07 Å². The number of nitrogen functional groups attached to an aromatic ring is 1. The van der Waals surface area contributed by atoms with Crippen LogP contribution >= 0.6 is 24.8 Å². The molecular weight excluding hydrogens is 297 g/mol. The Bertz CT molecular complexity index is 425. The molecular formula is C14H25Cl2N3O. The Morgan fingerprint density at radius 1 is 1.35 bits per heavy atom. The molecule has 0 aliphatic rings.